The summed E-state index contributed by atoms with van der Waals surface area (Å²) in [6, 6.07) is 23.7. The SMILES string of the molecule is CCCCCCCCCCc1ccc(S(OS(=O)(=O)C(F)(F)F)(c2ccccc2)c2ccccc2)cc1. The summed E-state index contributed by atoms with van der Waals surface area (Å²) in [4.78, 5) is 1.12. The number of halogens is 3. The van der Waals surface area contributed by atoms with Gasteiger partial charge < -0.3 is 0 Å². The Labute approximate surface area is 220 Å². The summed E-state index contributed by atoms with van der Waals surface area (Å²) in [5.74, 6) is 0. The van der Waals surface area contributed by atoms with Crippen molar-refractivity contribution in [1.29, 1.82) is 0 Å². The Balaban J connectivity index is 1.91. The van der Waals surface area contributed by atoms with Crippen molar-refractivity contribution in [3.63, 3.8) is 0 Å². The highest BCUT2D eigenvalue weighted by molar-refractivity contribution is 8.33. The predicted octanol–water partition coefficient (Wildman–Crippen LogP) is 9.43. The summed E-state index contributed by atoms with van der Waals surface area (Å²) < 4.78 is 70.8. The van der Waals surface area contributed by atoms with Crippen molar-refractivity contribution in [3.8, 4) is 0 Å². The molecule has 0 saturated carbocycles. The van der Waals surface area contributed by atoms with Crippen LogP contribution in [0.15, 0.2) is 99.6 Å². The maximum absolute atomic E-state index is 13.6. The van der Waals surface area contributed by atoms with Crippen LogP contribution in [0.3, 0.4) is 0 Å². The fourth-order valence-corrected chi connectivity index (χ4v) is 8.98. The molecule has 0 radical (unpaired) electrons. The Kier molecular flexibility index (Phi) is 10.7. The Morgan fingerprint density at radius 3 is 1.51 bits per heavy atom. The van der Waals surface area contributed by atoms with Gasteiger partial charge in [0, 0.05) is 14.7 Å². The molecule has 0 aliphatic rings. The van der Waals surface area contributed by atoms with E-state index in [0.29, 0.717) is 14.7 Å². The Hall–Kier alpha value is -2.29. The van der Waals surface area contributed by atoms with E-state index in [9.17, 15) is 21.6 Å². The first-order valence-electron chi connectivity index (χ1n) is 12.8. The number of hydrogen-bond donors (Lipinski definition) is 0. The van der Waals surface area contributed by atoms with Crippen LogP contribution < -0.4 is 0 Å². The molecule has 3 aromatic rings. The van der Waals surface area contributed by atoms with Crippen molar-refractivity contribution < 1.29 is 25.2 Å². The van der Waals surface area contributed by atoms with E-state index in [-0.39, 0.29) is 0 Å². The fraction of sp³-hybridized carbons (Fsp3) is 0.379. The molecule has 0 aromatic heterocycles. The third kappa shape index (κ3) is 7.62. The van der Waals surface area contributed by atoms with Gasteiger partial charge in [-0.2, -0.15) is 25.2 Å². The fourth-order valence-electron chi connectivity index (χ4n) is 4.23. The molecule has 3 aromatic carbocycles. The average Bonchev–Trinajstić information content (AvgIpc) is 2.89. The molecule has 0 bridgehead atoms. The van der Waals surface area contributed by atoms with Gasteiger partial charge in [-0.1, -0.05) is 100 Å². The van der Waals surface area contributed by atoms with Crippen LogP contribution in [0.4, 0.5) is 13.2 Å². The predicted molar refractivity (Wildman–Crippen MR) is 144 cm³/mol. The largest absolute Gasteiger partial charge is 0.524 e. The highest BCUT2D eigenvalue weighted by atomic mass is 32.3. The van der Waals surface area contributed by atoms with E-state index in [1.165, 1.54) is 38.5 Å². The van der Waals surface area contributed by atoms with Crippen LogP contribution in [0.5, 0.6) is 0 Å². The summed E-state index contributed by atoms with van der Waals surface area (Å²) in [7, 11) is -9.14. The van der Waals surface area contributed by atoms with Crippen LogP contribution in [-0.2, 0) is 20.2 Å². The van der Waals surface area contributed by atoms with Crippen molar-refractivity contribution in [1.82, 2.24) is 0 Å². The van der Waals surface area contributed by atoms with Crippen LogP contribution in [-0.4, -0.2) is 13.9 Å². The smallest absolute Gasteiger partial charge is 0.200 e. The summed E-state index contributed by atoms with van der Waals surface area (Å²) in [6.45, 7) is 2.21. The number of unbranched alkanes of at least 4 members (excludes halogenated alkanes) is 7. The van der Waals surface area contributed by atoms with Gasteiger partial charge in [0.15, 0.2) is 0 Å². The third-order valence-electron chi connectivity index (χ3n) is 6.20. The molecule has 8 heteroatoms. The molecular formula is C29H35F3O3S2. The molecule has 0 fully saturated rings. The summed E-state index contributed by atoms with van der Waals surface area (Å²) in [5.41, 5.74) is -4.49. The van der Waals surface area contributed by atoms with Crippen molar-refractivity contribution >= 4 is 20.4 Å². The summed E-state index contributed by atoms with van der Waals surface area (Å²) in [6.07, 6.45) is 10.5. The molecule has 0 N–H and O–H groups in total. The minimum atomic E-state index is -5.90. The molecule has 0 spiro atoms. The molecule has 0 amide bonds. The van der Waals surface area contributed by atoms with Gasteiger partial charge in [0.2, 0.25) is 0 Å². The average molecular weight is 553 g/mol. The van der Waals surface area contributed by atoms with E-state index in [2.05, 4.69) is 6.92 Å². The number of benzene rings is 3. The van der Waals surface area contributed by atoms with Gasteiger partial charge in [0.05, 0.1) is 0 Å². The minimum Gasteiger partial charge on any atom is -0.200 e. The molecule has 37 heavy (non-hydrogen) atoms. The molecule has 0 atom stereocenters. The van der Waals surface area contributed by atoms with E-state index < -0.39 is 25.9 Å². The second kappa shape index (κ2) is 13.5. The Bertz CT molecular complexity index is 1140. The minimum absolute atomic E-state index is 0.366. The number of hydrogen-bond acceptors (Lipinski definition) is 3. The van der Waals surface area contributed by atoms with Crippen LogP contribution in [0.25, 0.3) is 0 Å². The number of aryl methyl sites for hydroxylation is 1. The molecular weight excluding hydrogens is 517 g/mol. The zero-order valence-corrected chi connectivity index (χ0v) is 22.8. The molecule has 0 unspecified atom stereocenters. The first-order chi connectivity index (χ1) is 17.7. The van der Waals surface area contributed by atoms with Gasteiger partial charge in [-0.3, -0.25) is 0 Å². The standard InChI is InChI=1S/C29H35F3O3S2/c1-2-3-4-5-6-7-8-11-16-25-21-23-28(24-22-25)36(26-17-12-9-13-18-26,27-19-14-10-15-20-27)35-37(33,34)29(30,31)32/h9-10,12-15,17-24H,2-8,11,16H2,1H3. The molecule has 202 valence electrons. The van der Waals surface area contributed by atoms with Crippen molar-refractivity contribution in [2.45, 2.75) is 84.9 Å². The highest BCUT2D eigenvalue weighted by Crippen LogP contribution is 2.70. The lowest BCUT2D eigenvalue weighted by Gasteiger charge is -2.39. The topological polar surface area (TPSA) is 43.4 Å². The zero-order chi connectivity index (χ0) is 26.8. The van der Waals surface area contributed by atoms with Crippen molar-refractivity contribution in [2.75, 3.05) is 0 Å². The van der Waals surface area contributed by atoms with E-state index in [4.69, 9.17) is 3.63 Å². The lowest BCUT2D eigenvalue weighted by molar-refractivity contribution is -0.0496. The number of alkyl halides is 3. The second-order valence-electron chi connectivity index (χ2n) is 9.02. The monoisotopic (exact) mass is 552 g/mol. The maximum Gasteiger partial charge on any atom is 0.524 e. The van der Waals surface area contributed by atoms with Gasteiger partial charge in [-0.15, -0.1) is 0 Å². The number of rotatable bonds is 14. The van der Waals surface area contributed by atoms with Gasteiger partial charge in [-0.05, 0) is 65.1 Å². The van der Waals surface area contributed by atoms with Crippen LogP contribution in [0, 0.1) is 0 Å². The third-order valence-corrected chi connectivity index (χ3v) is 11.1. The van der Waals surface area contributed by atoms with Crippen LogP contribution >= 0.6 is 10.3 Å². The highest BCUT2D eigenvalue weighted by Gasteiger charge is 2.52. The van der Waals surface area contributed by atoms with Crippen molar-refractivity contribution in [3.05, 3.63) is 90.5 Å². The van der Waals surface area contributed by atoms with E-state index in [0.717, 1.165) is 24.8 Å². The first kappa shape index (κ1) is 29.3. The quantitative estimate of drug-likeness (QED) is 0.148. The molecule has 3 rings (SSSR count). The molecule has 0 aliphatic carbocycles. The Morgan fingerprint density at radius 1 is 0.622 bits per heavy atom. The first-order valence-corrected chi connectivity index (χ1v) is 15.7. The normalized spacial score (nSPS) is 13.0. The molecule has 3 nitrogen and oxygen atoms in total. The molecule has 0 heterocycles. The molecule has 0 aliphatic heterocycles. The Morgan fingerprint density at radius 2 is 1.05 bits per heavy atom. The molecule has 0 saturated heterocycles. The summed E-state index contributed by atoms with van der Waals surface area (Å²) >= 11 is 0. The van der Waals surface area contributed by atoms with Gasteiger partial charge in [0.1, 0.15) is 0 Å². The van der Waals surface area contributed by atoms with Crippen LogP contribution in [0.2, 0.25) is 0 Å². The van der Waals surface area contributed by atoms with Crippen molar-refractivity contribution in [2.24, 2.45) is 0 Å². The van der Waals surface area contributed by atoms with Gasteiger partial charge in [-0.25, -0.2) is 0 Å². The van der Waals surface area contributed by atoms with Gasteiger partial charge >= 0.3 is 15.6 Å². The van der Waals surface area contributed by atoms with Crippen LogP contribution in [0.1, 0.15) is 63.9 Å². The lowest BCUT2D eigenvalue weighted by Crippen LogP contribution is -2.27. The lowest BCUT2D eigenvalue weighted by atomic mass is 10.0. The van der Waals surface area contributed by atoms with E-state index in [1.807, 2.05) is 12.1 Å². The van der Waals surface area contributed by atoms with E-state index >= 15 is 0 Å². The van der Waals surface area contributed by atoms with Gasteiger partial charge in [0.25, 0.3) is 0 Å². The maximum atomic E-state index is 13.6. The second-order valence-corrected chi connectivity index (χ2v) is 13.5. The van der Waals surface area contributed by atoms with E-state index in [1.54, 1.807) is 72.8 Å². The zero-order valence-electron chi connectivity index (χ0n) is 21.1. The summed E-state index contributed by atoms with van der Waals surface area (Å²) in [5, 5.41) is 0.